The van der Waals surface area contributed by atoms with E-state index in [0.29, 0.717) is 0 Å². The molecule has 1 atom stereocenters. The van der Waals surface area contributed by atoms with E-state index in [-0.39, 0.29) is 6.04 Å². The van der Waals surface area contributed by atoms with Gasteiger partial charge in [0.1, 0.15) is 0 Å². The maximum atomic E-state index is 5.85. The third-order valence-corrected chi connectivity index (χ3v) is 3.51. The first-order valence-corrected chi connectivity index (χ1v) is 7.19. The van der Waals surface area contributed by atoms with Gasteiger partial charge in [-0.05, 0) is 37.0 Å². The molecule has 2 rings (SSSR count). The average Bonchev–Trinajstić information content (AvgIpc) is 2.45. The molecule has 0 heterocycles. The van der Waals surface area contributed by atoms with Crippen molar-refractivity contribution < 1.29 is 0 Å². The topological polar surface area (TPSA) is 29.3 Å². The van der Waals surface area contributed by atoms with Gasteiger partial charge in [0.25, 0.3) is 0 Å². The number of aryl methyl sites for hydroxylation is 1. The predicted octanol–water partition coefficient (Wildman–Crippen LogP) is 3.70. The summed E-state index contributed by atoms with van der Waals surface area (Å²) < 4.78 is 0. The van der Waals surface area contributed by atoms with Crippen LogP contribution in [0, 0.1) is 0 Å². The molecule has 0 saturated carbocycles. The van der Waals surface area contributed by atoms with Crippen molar-refractivity contribution in [1.82, 2.24) is 0 Å². The van der Waals surface area contributed by atoms with Crippen LogP contribution in [0.25, 0.3) is 11.1 Å². The number of rotatable bonds is 5. The smallest absolute Gasteiger partial charge is 0.0440 e. The number of benzene rings is 2. The van der Waals surface area contributed by atoms with Crippen molar-refractivity contribution in [2.45, 2.75) is 25.8 Å². The minimum atomic E-state index is 0.257. The quantitative estimate of drug-likeness (QED) is 0.896. The second kappa shape index (κ2) is 6.58. The lowest BCUT2D eigenvalue weighted by molar-refractivity contribution is 0.666. The Balaban J connectivity index is 2.31. The first-order valence-electron chi connectivity index (χ1n) is 7.19. The van der Waals surface area contributed by atoms with Crippen LogP contribution in [0.15, 0.2) is 48.5 Å². The Kier molecular flexibility index (Phi) is 4.80. The largest absolute Gasteiger partial charge is 0.377 e. The molecule has 2 aromatic carbocycles. The monoisotopic (exact) mass is 268 g/mol. The van der Waals surface area contributed by atoms with Crippen LogP contribution in [0.2, 0.25) is 0 Å². The van der Waals surface area contributed by atoms with Crippen molar-refractivity contribution in [3.63, 3.8) is 0 Å². The van der Waals surface area contributed by atoms with Gasteiger partial charge in [0.15, 0.2) is 0 Å². The van der Waals surface area contributed by atoms with Crippen LogP contribution in [-0.4, -0.2) is 20.1 Å². The lowest BCUT2D eigenvalue weighted by Gasteiger charge is -2.18. The fourth-order valence-corrected chi connectivity index (χ4v) is 2.40. The van der Waals surface area contributed by atoms with E-state index >= 15 is 0 Å². The van der Waals surface area contributed by atoms with E-state index < -0.39 is 0 Å². The molecular formula is C18H24N2. The molecule has 2 aromatic rings. The summed E-state index contributed by atoms with van der Waals surface area (Å²) in [6, 6.07) is 17.6. The molecule has 0 aliphatic carbocycles. The molecule has 2 N–H and O–H groups in total. The van der Waals surface area contributed by atoms with Gasteiger partial charge >= 0.3 is 0 Å². The van der Waals surface area contributed by atoms with Gasteiger partial charge < -0.3 is 10.6 Å². The number of nitrogens with zero attached hydrogens (tertiary/aromatic N) is 1. The molecule has 106 valence electrons. The summed E-state index contributed by atoms with van der Waals surface area (Å²) in [6.07, 6.45) is 2.06. The highest BCUT2D eigenvalue weighted by Crippen LogP contribution is 2.30. The van der Waals surface area contributed by atoms with E-state index in [4.69, 9.17) is 5.73 Å². The molecular weight excluding hydrogens is 244 g/mol. The molecule has 0 bridgehead atoms. The second-order valence-corrected chi connectivity index (χ2v) is 5.63. The highest BCUT2D eigenvalue weighted by molar-refractivity contribution is 5.78. The number of anilines is 1. The van der Waals surface area contributed by atoms with Crippen molar-refractivity contribution in [2.75, 3.05) is 19.0 Å². The van der Waals surface area contributed by atoms with Gasteiger partial charge in [-0.3, -0.25) is 0 Å². The Labute approximate surface area is 122 Å². The van der Waals surface area contributed by atoms with Crippen LogP contribution in [-0.2, 0) is 6.42 Å². The van der Waals surface area contributed by atoms with Crippen LogP contribution in [0.4, 0.5) is 5.69 Å². The van der Waals surface area contributed by atoms with Crippen molar-refractivity contribution in [3.05, 3.63) is 54.1 Å². The lowest BCUT2D eigenvalue weighted by Crippen LogP contribution is -2.15. The molecule has 0 radical (unpaired) electrons. The van der Waals surface area contributed by atoms with Gasteiger partial charge in [-0.15, -0.1) is 0 Å². The van der Waals surface area contributed by atoms with E-state index in [1.54, 1.807) is 0 Å². The van der Waals surface area contributed by atoms with Crippen LogP contribution in [0.3, 0.4) is 0 Å². The molecule has 2 heteroatoms. The first kappa shape index (κ1) is 14.6. The van der Waals surface area contributed by atoms with Gasteiger partial charge in [-0.2, -0.15) is 0 Å². The summed E-state index contributed by atoms with van der Waals surface area (Å²) in [5.41, 5.74) is 11.0. The number of hydrogen-bond acceptors (Lipinski definition) is 2. The standard InChI is InChI=1S/C18H24N2/c1-14(19)11-12-15-7-6-8-16(13-15)17-9-4-5-10-18(17)20(2)3/h4-10,13-14H,11-12,19H2,1-3H3. The van der Waals surface area contributed by atoms with Gasteiger partial charge in [-0.1, -0.05) is 42.5 Å². The Morgan fingerprint density at radius 3 is 2.50 bits per heavy atom. The van der Waals surface area contributed by atoms with E-state index in [2.05, 4.69) is 74.4 Å². The van der Waals surface area contributed by atoms with Crippen molar-refractivity contribution >= 4 is 5.69 Å². The fourth-order valence-electron chi connectivity index (χ4n) is 2.40. The molecule has 20 heavy (non-hydrogen) atoms. The van der Waals surface area contributed by atoms with Crippen LogP contribution in [0.1, 0.15) is 18.9 Å². The van der Waals surface area contributed by atoms with Gasteiger partial charge in [-0.25, -0.2) is 0 Å². The normalized spacial score (nSPS) is 12.2. The number of para-hydroxylation sites is 1. The minimum Gasteiger partial charge on any atom is -0.377 e. The Morgan fingerprint density at radius 1 is 1.05 bits per heavy atom. The summed E-state index contributed by atoms with van der Waals surface area (Å²) in [6.45, 7) is 2.06. The molecule has 0 saturated heterocycles. The van der Waals surface area contributed by atoms with Gasteiger partial charge in [0.05, 0.1) is 0 Å². The Morgan fingerprint density at radius 2 is 1.80 bits per heavy atom. The SMILES string of the molecule is CC(N)CCc1cccc(-c2ccccc2N(C)C)c1. The summed E-state index contributed by atoms with van der Waals surface area (Å²) in [5, 5.41) is 0. The molecule has 0 aromatic heterocycles. The van der Waals surface area contributed by atoms with E-state index in [0.717, 1.165) is 12.8 Å². The van der Waals surface area contributed by atoms with Crippen molar-refractivity contribution in [3.8, 4) is 11.1 Å². The molecule has 1 unspecified atom stereocenters. The zero-order valence-electron chi connectivity index (χ0n) is 12.6. The van der Waals surface area contributed by atoms with E-state index in [9.17, 15) is 0 Å². The summed E-state index contributed by atoms with van der Waals surface area (Å²) >= 11 is 0. The molecule has 0 aliphatic heterocycles. The molecule has 0 aliphatic rings. The van der Waals surface area contributed by atoms with E-state index in [1.165, 1.54) is 22.4 Å². The van der Waals surface area contributed by atoms with Crippen LogP contribution in [0.5, 0.6) is 0 Å². The van der Waals surface area contributed by atoms with Crippen LogP contribution < -0.4 is 10.6 Å². The highest BCUT2D eigenvalue weighted by Gasteiger charge is 2.07. The fraction of sp³-hybridized carbons (Fsp3) is 0.333. The number of hydrogen-bond donors (Lipinski definition) is 1. The van der Waals surface area contributed by atoms with Gasteiger partial charge in [0, 0.05) is 31.4 Å². The molecule has 2 nitrogen and oxygen atoms in total. The van der Waals surface area contributed by atoms with E-state index in [1.807, 2.05) is 0 Å². The van der Waals surface area contributed by atoms with Gasteiger partial charge in [0.2, 0.25) is 0 Å². The lowest BCUT2D eigenvalue weighted by atomic mass is 9.98. The summed E-state index contributed by atoms with van der Waals surface area (Å²) in [5.74, 6) is 0. The molecule has 0 fully saturated rings. The Hall–Kier alpha value is -1.80. The third-order valence-electron chi connectivity index (χ3n) is 3.51. The maximum Gasteiger partial charge on any atom is 0.0440 e. The zero-order chi connectivity index (χ0) is 14.5. The minimum absolute atomic E-state index is 0.257. The highest BCUT2D eigenvalue weighted by atomic mass is 15.1. The number of nitrogens with two attached hydrogens (primary N) is 1. The summed E-state index contributed by atoms with van der Waals surface area (Å²) in [4.78, 5) is 2.16. The predicted molar refractivity (Wildman–Crippen MR) is 88.2 cm³/mol. The van der Waals surface area contributed by atoms with Crippen molar-refractivity contribution in [1.29, 1.82) is 0 Å². The third kappa shape index (κ3) is 3.61. The van der Waals surface area contributed by atoms with Crippen LogP contribution >= 0.6 is 0 Å². The first-order chi connectivity index (χ1) is 9.58. The molecule has 0 spiro atoms. The maximum absolute atomic E-state index is 5.85. The summed E-state index contributed by atoms with van der Waals surface area (Å²) in [7, 11) is 4.16. The average molecular weight is 268 g/mol. The second-order valence-electron chi connectivity index (χ2n) is 5.63. The Bertz CT molecular complexity index is 559. The van der Waals surface area contributed by atoms with Crippen molar-refractivity contribution in [2.24, 2.45) is 5.73 Å². The molecule has 0 amide bonds. The zero-order valence-corrected chi connectivity index (χ0v) is 12.6.